The number of ether oxygens (including phenoxy) is 1. The number of nitro benzene ring substituents is 1. The van der Waals surface area contributed by atoms with Crippen molar-refractivity contribution in [3.8, 4) is 0 Å². The summed E-state index contributed by atoms with van der Waals surface area (Å²) in [5.74, 6) is -0.607. The SMILES string of the molecule is C=CCOCCNCc1cc(F)cc([N+](=O)[O-])c1. The van der Waals surface area contributed by atoms with Crippen LogP contribution in [0.4, 0.5) is 10.1 Å². The van der Waals surface area contributed by atoms with E-state index >= 15 is 0 Å². The normalized spacial score (nSPS) is 10.3. The van der Waals surface area contributed by atoms with E-state index in [2.05, 4.69) is 11.9 Å². The second-order valence-corrected chi connectivity index (χ2v) is 3.62. The van der Waals surface area contributed by atoms with Gasteiger partial charge in [0.15, 0.2) is 0 Å². The predicted octanol–water partition coefficient (Wildman–Crippen LogP) is 2.03. The van der Waals surface area contributed by atoms with Gasteiger partial charge < -0.3 is 10.1 Å². The Balaban J connectivity index is 2.42. The Morgan fingerprint density at radius 1 is 1.50 bits per heavy atom. The van der Waals surface area contributed by atoms with Crippen molar-refractivity contribution in [3.63, 3.8) is 0 Å². The molecule has 18 heavy (non-hydrogen) atoms. The second-order valence-electron chi connectivity index (χ2n) is 3.62. The third-order valence-electron chi connectivity index (χ3n) is 2.14. The zero-order valence-electron chi connectivity index (χ0n) is 9.89. The lowest BCUT2D eigenvalue weighted by atomic mass is 10.2. The molecule has 0 aliphatic rings. The molecule has 6 heteroatoms. The summed E-state index contributed by atoms with van der Waals surface area (Å²) in [5, 5.41) is 13.5. The van der Waals surface area contributed by atoms with E-state index in [4.69, 9.17) is 4.74 Å². The first-order chi connectivity index (χ1) is 8.63. The van der Waals surface area contributed by atoms with Crippen LogP contribution in [0.25, 0.3) is 0 Å². The number of nitrogens with one attached hydrogen (secondary N) is 1. The van der Waals surface area contributed by atoms with Crippen LogP contribution in [0.1, 0.15) is 5.56 Å². The monoisotopic (exact) mass is 254 g/mol. The van der Waals surface area contributed by atoms with Gasteiger partial charge in [-0.1, -0.05) is 6.08 Å². The molecular weight excluding hydrogens is 239 g/mol. The number of rotatable bonds is 8. The molecule has 0 unspecified atom stereocenters. The number of benzene rings is 1. The topological polar surface area (TPSA) is 64.4 Å². The molecular formula is C12H15FN2O3. The van der Waals surface area contributed by atoms with Crippen molar-refractivity contribution in [1.82, 2.24) is 5.32 Å². The van der Waals surface area contributed by atoms with Crippen molar-refractivity contribution in [2.75, 3.05) is 19.8 Å². The molecule has 98 valence electrons. The van der Waals surface area contributed by atoms with Crippen molar-refractivity contribution < 1.29 is 14.1 Å². The summed E-state index contributed by atoms with van der Waals surface area (Å²) < 4.78 is 18.2. The number of nitro groups is 1. The molecule has 0 aromatic heterocycles. The van der Waals surface area contributed by atoms with Crippen LogP contribution in [0.3, 0.4) is 0 Å². The predicted molar refractivity (Wildman–Crippen MR) is 65.8 cm³/mol. The van der Waals surface area contributed by atoms with Crippen molar-refractivity contribution in [1.29, 1.82) is 0 Å². The molecule has 0 saturated heterocycles. The van der Waals surface area contributed by atoms with E-state index in [1.807, 2.05) is 0 Å². The smallest absolute Gasteiger partial charge is 0.272 e. The van der Waals surface area contributed by atoms with E-state index in [1.165, 1.54) is 12.1 Å². The number of non-ortho nitro benzene ring substituents is 1. The van der Waals surface area contributed by atoms with Gasteiger partial charge in [0.2, 0.25) is 0 Å². The molecule has 0 saturated carbocycles. The standard InChI is InChI=1S/C12H15FN2O3/c1-2-4-18-5-3-14-9-10-6-11(13)8-12(7-10)15(16)17/h2,6-8,14H,1,3-5,9H2. The van der Waals surface area contributed by atoms with Gasteiger partial charge in [-0.05, 0) is 11.6 Å². The lowest BCUT2D eigenvalue weighted by Crippen LogP contribution is -2.19. The summed E-state index contributed by atoms with van der Waals surface area (Å²) >= 11 is 0. The maximum atomic E-state index is 13.1. The van der Waals surface area contributed by atoms with E-state index in [1.54, 1.807) is 6.08 Å². The second kappa shape index (κ2) is 7.52. The highest BCUT2D eigenvalue weighted by molar-refractivity contribution is 5.35. The highest BCUT2D eigenvalue weighted by Gasteiger charge is 2.09. The fraction of sp³-hybridized carbons (Fsp3) is 0.333. The molecule has 0 spiro atoms. The molecule has 1 aromatic rings. The minimum atomic E-state index is -0.611. The van der Waals surface area contributed by atoms with E-state index in [-0.39, 0.29) is 5.69 Å². The largest absolute Gasteiger partial charge is 0.376 e. The number of hydrogen-bond donors (Lipinski definition) is 1. The van der Waals surface area contributed by atoms with Crippen LogP contribution in [0, 0.1) is 15.9 Å². The average Bonchev–Trinajstić information content (AvgIpc) is 2.33. The summed E-state index contributed by atoms with van der Waals surface area (Å²) in [5.41, 5.74) is 0.292. The lowest BCUT2D eigenvalue weighted by molar-refractivity contribution is -0.385. The summed E-state index contributed by atoms with van der Waals surface area (Å²) in [6.45, 7) is 5.43. The Hall–Kier alpha value is -1.79. The van der Waals surface area contributed by atoms with Gasteiger partial charge in [0, 0.05) is 19.2 Å². The van der Waals surface area contributed by atoms with Gasteiger partial charge in [0.25, 0.3) is 5.69 Å². The van der Waals surface area contributed by atoms with Gasteiger partial charge in [-0.25, -0.2) is 4.39 Å². The van der Waals surface area contributed by atoms with E-state index in [0.717, 1.165) is 6.07 Å². The van der Waals surface area contributed by atoms with Crippen molar-refractivity contribution in [3.05, 3.63) is 52.3 Å². The van der Waals surface area contributed by atoms with Gasteiger partial charge >= 0.3 is 0 Å². The van der Waals surface area contributed by atoms with Crippen molar-refractivity contribution in [2.45, 2.75) is 6.54 Å². The van der Waals surface area contributed by atoms with Crippen LogP contribution in [0.5, 0.6) is 0 Å². The number of nitrogens with zero attached hydrogens (tertiary/aromatic N) is 1. The summed E-state index contributed by atoms with van der Waals surface area (Å²) in [6.07, 6.45) is 1.65. The van der Waals surface area contributed by atoms with Crippen LogP contribution >= 0.6 is 0 Å². The molecule has 0 amide bonds. The first kappa shape index (κ1) is 14.3. The maximum Gasteiger partial charge on any atom is 0.272 e. The molecule has 0 aliphatic carbocycles. The molecule has 0 radical (unpaired) electrons. The minimum absolute atomic E-state index is 0.241. The first-order valence-electron chi connectivity index (χ1n) is 5.46. The average molecular weight is 254 g/mol. The summed E-state index contributed by atoms with van der Waals surface area (Å²) in [7, 11) is 0. The Morgan fingerprint density at radius 2 is 2.28 bits per heavy atom. The van der Waals surface area contributed by atoms with Crippen LogP contribution in [0.2, 0.25) is 0 Å². The zero-order valence-corrected chi connectivity index (χ0v) is 9.89. The Kier molecular flexibility index (Phi) is 5.96. The molecule has 0 bridgehead atoms. The first-order valence-corrected chi connectivity index (χ1v) is 5.46. The Morgan fingerprint density at radius 3 is 2.94 bits per heavy atom. The Labute approximate surface area is 104 Å². The highest BCUT2D eigenvalue weighted by Crippen LogP contribution is 2.15. The highest BCUT2D eigenvalue weighted by atomic mass is 19.1. The van der Waals surface area contributed by atoms with Crippen LogP contribution in [-0.4, -0.2) is 24.7 Å². The molecule has 1 N–H and O–H groups in total. The summed E-state index contributed by atoms with van der Waals surface area (Å²) in [4.78, 5) is 9.93. The summed E-state index contributed by atoms with van der Waals surface area (Å²) in [6, 6.07) is 3.52. The third-order valence-corrected chi connectivity index (χ3v) is 2.14. The van der Waals surface area contributed by atoms with Gasteiger partial charge in [-0.2, -0.15) is 0 Å². The lowest BCUT2D eigenvalue weighted by Gasteiger charge is -2.05. The molecule has 0 fully saturated rings. The molecule has 1 aromatic carbocycles. The van der Waals surface area contributed by atoms with Crippen LogP contribution in [-0.2, 0) is 11.3 Å². The fourth-order valence-corrected chi connectivity index (χ4v) is 1.38. The van der Waals surface area contributed by atoms with Gasteiger partial charge in [-0.15, -0.1) is 6.58 Å². The fourth-order valence-electron chi connectivity index (χ4n) is 1.38. The number of halogens is 1. The molecule has 0 atom stereocenters. The van der Waals surface area contributed by atoms with Gasteiger partial charge in [0.1, 0.15) is 5.82 Å². The number of hydrogen-bond acceptors (Lipinski definition) is 4. The van der Waals surface area contributed by atoms with Gasteiger partial charge in [0.05, 0.1) is 24.2 Å². The Bertz CT molecular complexity index is 424. The molecule has 0 heterocycles. The quantitative estimate of drug-likeness (QED) is 0.333. The maximum absolute atomic E-state index is 13.1. The van der Waals surface area contributed by atoms with Crippen molar-refractivity contribution >= 4 is 5.69 Å². The third kappa shape index (κ3) is 5.03. The molecule has 0 aliphatic heterocycles. The van der Waals surface area contributed by atoms with E-state index in [9.17, 15) is 14.5 Å². The van der Waals surface area contributed by atoms with Crippen molar-refractivity contribution in [2.24, 2.45) is 0 Å². The molecule has 5 nitrogen and oxygen atoms in total. The van der Waals surface area contributed by atoms with Crippen LogP contribution in [0.15, 0.2) is 30.9 Å². The van der Waals surface area contributed by atoms with E-state index in [0.29, 0.717) is 31.9 Å². The molecule has 1 rings (SSSR count). The van der Waals surface area contributed by atoms with Crippen LogP contribution < -0.4 is 5.32 Å². The van der Waals surface area contributed by atoms with E-state index < -0.39 is 10.7 Å². The minimum Gasteiger partial charge on any atom is -0.376 e. The zero-order chi connectivity index (χ0) is 13.4. The van der Waals surface area contributed by atoms with Gasteiger partial charge in [-0.3, -0.25) is 10.1 Å².